The Hall–Kier alpha value is -1.73. The van der Waals surface area contributed by atoms with Gasteiger partial charge in [0.25, 0.3) is 5.91 Å². The van der Waals surface area contributed by atoms with Crippen molar-refractivity contribution in [1.82, 2.24) is 15.1 Å². The number of hydrogen-bond acceptors (Lipinski definition) is 4. The van der Waals surface area contributed by atoms with Gasteiger partial charge < -0.3 is 10.2 Å². The van der Waals surface area contributed by atoms with Crippen molar-refractivity contribution in [3.8, 4) is 0 Å². The van der Waals surface area contributed by atoms with Crippen LogP contribution in [0.2, 0.25) is 0 Å². The summed E-state index contributed by atoms with van der Waals surface area (Å²) in [7, 11) is -0.795. The molecule has 2 atom stereocenters. The minimum atomic E-state index is -0.795. The molecule has 1 saturated heterocycles. The highest BCUT2D eigenvalue weighted by molar-refractivity contribution is 7.84. The first-order valence-electron chi connectivity index (χ1n) is 9.46. The summed E-state index contributed by atoms with van der Waals surface area (Å²) < 4.78 is 11.2. The van der Waals surface area contributed by atoms with Crippen LogP contribution < -0.4 is 5.32 Å². The number of rotatable bonds is 7. The van der Waals surface area contributed by atoms with Crippen molar-refractivity contribution in [3.05, 3.63) is 35.4 Å². The number of piperazine rings is 1. The van der Waals surface area contributed by atoms with Crippen LogP contribution >= 0.6 is 0 Å². The van der Waals surface area contributed by atoms with E-state index in [1.165, 1.54) is 0 Å². The molecule has 2 amide bonds. The molecule has 0 bridgehead atoms. The number of carbonyl (C=O) groups is 2. The van der Waals surface area contributed by atoms with E-state index in [-0.39, 0.29) is 17.7 Å². The molecule has 150 valence electrons. The Kier molecular flexibility index (Phi) is 7.98. The fraction of sp³-hybridized carbons (Fsp3) is 0.600. The molecule has 1 aromatic carbocycles. The van der Waals surface area contributed by atoms with Crippen molar-refractivity contribution in [3.63, 3.8) is 0 Å². The first kappa shape index (κ1) is 21.6. The molecule has 0 unspecified atom stereocenters. The van der Waals surface area contributed by atoms with Crippen LogP contribution in [0.5, 0.6) is 0 Å². The van der Waals surface area contributed by atoms with Gasteiger partial charge >= 0.3 is 0 Å². The number of nitrogens with one attached hydrogen (secondary N) is 1. The van der Waals surface area contributed by atoms with Crippen molar-refractivity contribution in [2.45, 2.75) is 26.8 Å². The summed E-state index contributed by atoms with van der Waals surface area (Å²) in [5.41, 5.74) is 1.66. The first-order chi connectivity index (χ1) is 12.8. The normalized spacial score (nSPS) is 17.6. The second-order valence-corrected chi connectivity index (χ2v) is 9.06. The van der Waals surface area contributed by atoms with E-state index in [2.05, 4.69) is 10.2 Å². The third-order valence-corrected chi connectivity index (χ3v) is 5.67. The molecule has 0 radical (unpaired) electrons. The second kappa shape index (κ2) is 9.99. The van der Waals surface area contributed by atoms with Crippen LogP contribution in [0.15, 0.2) is 24.3 Å². The topological polar surface area (TPSA) is 69.7 Å². The Morgan fingerprint density at radius 2 is 1.70 bits per heavy atom. The smallest absolute Gasteiger partial charge is 0.251 e. The zero-order valence-corrected chi connectivity index (χ0v) is 17.6. The maximum atomic E-state index is 13.0. The maximum Gasteiger partial charge on any atom is 0.251 e. The van der Waals surface area contributed by atoms with E-state index in [9.17, 15) is 13.8 Å². The van der Waals surface area contributed by atoms with Crippen molar-refractivity contribution in [1.29, 1.82) is 0 Å². The van der Waals surface area contributed by atoms with Crippen LogP contribution in [0.4, 0.5) is 0 Å². The van der Waals surface area contributed by atoms with Gasteiger partial charge in [-0.15, -0.1) is 0 Å². The third kappa shape index (κ3) is 6.43. The van der Waals surface area contributed by atoms with E-state index in [4.69, 9.17) is 0 Å². The largest absolute Gasteiger partial charge is 0.340 e. The van der Waals surface area contributed by atoms with Gasteiger partial charge in [-0.2, -0.15) is 0 Å². The summed E-state index contributed by atoms with van der Waals surface area (Å²) in [6.45, 7) is 9.50. The molecule has 0 aromatic heterocycles. The van der Waals surface area contributed by atoms with Gasteiger partial charge in [0.2, 0.25) is 5.91 Å². The molecule has 1 heterocycles. The average molecular weight is 394 g/mol. The molecule has 1 fully saturated rings. The van der Waals surface area contributed by atoms with Gasteiger partial charge in [0.05, 0.1) is 0 Å². The molecule has 1 N–H and O–H groups in total. The predicted octanol–water partition coefficient (Wildman–Crippen LogP) is 1.27. The zero-order valence-electron chi connectivity index (χ0n) is 16.7. The van der Waals surface area contributed by atoms with Gasteiger partial charge in [-0.1, -0.05) is 31.5 Å². The molecule has 0 aliphatic carbocycles. The third-order valence-electron chi connectivity index (χ3n) is 4.91. The summed E-state index contributed by atoms with van der Waals surface area (Å²) in [6, 6.07) is 6.81. The molecular formula is C20H31N3O3S. The molecular weight excluding hydrogens is 362 g/mol. The van der Waals surface area contributed by atoms with Gasteiger partial charge in [-0.05, 0) is 25.0 Å². The summed E-state index contributed by atoms with van der Waals surface area (Å²) in [5, 5.41) is 2.92. The first-order valence-corrected chi connectivity index (χ1v) is 11.2. The molecule has 27 heavy (non-hydrogen) atoms. The van der Waals surface area contributed by atoms with Gasteiger partial charge in [0.15, 0.2) is 0 Å². The van der Waals surface area contributed by atoms with Gasteiger partial charge in [-0.25, -0.2) is 0 Å². The van der Waals surface area contributed by atoms with E-state index in [0.29, 0.717) is 24.4 Å². The predicted molar refractivity (Wildman–Crippen MR) is 109 cm³/mol. The van der Waals surface area contributed by atoms with Crippen LogP contribution in [-0.4, -0.2) is 76.6 Å². The van der Waals surface area contributed by atoms with E-state index >= 15 is 0 Å². The van der Waals surface area contributed by atoms with Crippen LogP contribution in [0.1, 0.15) is 29.8 Å². The van der Waals surface area contributed by atoms with Crippen molar-refractivity contribution < 1.29 is 13.8 Å². The molecule has 1 aliphatic heterocycles. The maximum absolute atomic E-state index is 13.0. The van der Waals surface area contributed by atoms with Crippen molar-refractivity contribution in [2.75, 3.05) is 44.7 Å². The Balaban J connectivity index is 1.94. The van der Waals surface area contributed by atoms with Gasteiger partial charge in [0, 0.05) is 61.1 Å². The van der Waals surface area contributed by atoms with Crippen molar-refractivity contribution in [2.24, 2.45) is 5.92 Å². The fourth-order valence-electron chi connectivity index (χ4n) is 3.09. The van der Waals surface area contributed by atoms with E-state index in [1.54, 1.807) is 18.4 Å². The second-order valence-electron chi connectivity index (χ2n) is 7.51. The monoisotopic (exact) mass is 393 g/mol. The highest BCUT2D eigenvalue weighted by atomic mass is 32.2. The summed E-state index contributed by atoms with van der Waals surface area (Å²) in [6.07, 6.45) is 1.71. The average Bonchev–Trinajstić information content (AvgIpc) is 2.64. The lowest BCUT2D eigenvalue weighted by atomic mass is 10.0. The van der Waals surface area contributed by atoms with Crippen LogP contribution in [0, 0.1) is 12.8 Å². The number of hydrogen-bond donors (Lipinski definition) is 1. The lowest BCUT2D eigenvalue weighted by Gasteiger charge is -2.37. The zero-order chi connectivity index (χ0) is 20.0. The van der Waals surface area contributed by atoms with E-state index in [1.807, 2.05) is 37.8 Å². The molecule has 7 heteroatoms. The molecule has 1 aromatic rings. The molecule has 2 rings (SSSR count). The Bertz CT molecular complexity index is 668. The Morgan fingerprint density at radius 3 is 2.22 bits per heavy atom. The van der Waals surface area contributed by atoms with Crippen LogP contribution in [0.25, 0.3) is 0 Å². The lowest BCUT2D eigenvalue weighted by Crippen LogP contribution is -2.56. The number of amides is 2. The van der Waals surface area contributed by atoms with Crippen LogP contribution in [0.3, 0.4) is 0 Å². The quantitative estimate of drug-likeness (QED) is 0.758. The van der Waals surface area contributed by atoms with E-state index < -0.39 is 16.8 Å². The standard InChI is InChI=1S/C20H31N3O3S/c1-15(2)18(21-19(24)17-7-5-16(3)6-8-17)20(25)23-11-9-22(10-12-23)13-14-27(4)26/h5-8,15,18H,9-14H2,1-4H3,(H,21,24)/t18-,27+/m1/s1. The van der Waals surface area contributed by atoms with Crippen molar-refractivity contribution >= 4 is 22.6 Å². The lowest BCUT2D eigenvalue weighted by molar-refractivity contribution is -0.136. The fourth-order valence-corrected chi connectivity index (χ4v) is 3.60. The molecule has 6 nitrogen and oxygen atoms in total. The van der Waals surface area contributed by atoms with E-state index in [0.717, 1.165) is 25.2 Å². The number of nitrogens with zero attached hydrogens (tertiary/aromatic N) is 2. The van der Waals surface area contributed by atoms with Gasteiger partial charge in [0.1, 0.15) is 6.04 Å². The van der Waals surface area contributed by atoms with Gasteiger partial charge in [-0.3, -0.25) is 18.7 Å². The molecule has 0 spiro atoms. The molecule has 0 saturated carbocycles. The Morgan fingerprint density at radius 1 is 1.11 bits per heavy atom. The number of aryl methyl sites for hydroxylation is 1. The SMILES string of the molecule is Cc1ccc(C(=O)N[C@@H](C(=O)N2CCN(CC[S@](C)=O)CC2)C(C)C)cc1. The minimum absolute atomic E-state index is 0.00689. The Labute approximate surface area is 164 Å². The van der Waals surface area contributed by atoms with Crippen LogP contribution in [-0.2, 0) is 15.6 Å². The highest BCUT2D eigenvalue weighted by Gasteiger charge is 2.30. The number of carbonyl (C=O) groups excluding carboxylic acids is 2. The minimum Gasteiger partial charge on any atom is -0.340 e. The molecule has 1 aliphatic rings. The summed E-state index contributed by atoms with van der Waals surface area (Å²) in [4.78, 5) is 29.6. The highest BCUT2D eigenvalue weighted by Crippen LogP contribution is 2.11. The summed E-state index contributed by atoms with van der Waals surface area (Å²) in [5.74, 6) is 0.428. The summed E-state index contributed by atoms with van der Waals surface area (Å²) >= 11 is 0. The number of benzene rings is 1.